The molecule has 3 aromatic rings. The Labute approximate surface area is 130 Å². The fourth-order valence-electron chi connectivity index (χ4n) is 3.04. The fourth-order valence-corrected chi connectivity index (χ4v) is 3.04. The predicted octanol–water partition coefficient (Wildman–Crippen LogP) is 3.57. The van der Waals surface area contributed by atoms with Gasteiger partial charge in [-0.25, -0.2) is 0 Å². The van der Waals surface area contributed by atoms with Crippen molar-refractivity contribution in [2.75, 3.05) is 0 Å². The number of nitrogens with zero attached hydrogens (tertiary/aromatic N) is 2. The summed E-state index contributed by atoms with van der Waals surface area (Å²) in [5.74, 6) is 0.474. The Morgan fingerprint density at radius 1 is 1.05 bits per heavy atom. The van der Waals surface area contributed by atoms with E-state index in [1.807, 2.05) is 24.0 Å². The van der Waals surface area contributed by atoms with Crippen LogP contribution in [0.1, 0.15) is 17.9 Å². The average Bonchev–Trinajstić information content (AvgIpc) is 3.12. The molecule has 3 heteroatoms. The van der Waals surface area contributed by atoms with Gasteiger partial charge in [-0.3, -0.25) is 4.68 Å². The quantitative estimate of drug-likeness (QED) is 0.801. The molecule has 1 fully saturated rings. The van der Waals surface area contributed by atoms with Crippen molar-refractivity contribution in [1.82, 2.24) is 9.78 Å². The van der Waals surface area contributed by atoms with E-state index in [9.17, 15) is 0 Å². The van der Waals surface area contributed by atoms with Gasteiger partial charge in [0.15, 0.2) is 0 Å². The van der Waals surface area contributed by atoms with E-state index in [1.165, 1.54) is 22.3 Å². The highest BCUT2D eigenvalue weighted by molar-refractivity contribution is 5.74. The summed E-state index contributed by atoms with van der Waals surface area (Å²) in [6, 6.07) is 19.5. The zero-order valence-electron chi connectivity index (χ0n) is 12.6. The third-order valence-electron chi connectivity index (χ3n) is 4.39. The predicted molar refractivity (Wildman–Crippen MR) is 89.4 cm³/mol. The lowest BCUT2D eigenvalue weighted by Crippen LogP contribution is -2.02. The van der Waals surface area contributed by atoms with Crippen LogP contribution >= 0.6 is 0 Å². The van der Waals surface area contributed by atoms with Crippen LogP contribution in [0, 0.1) is 0 Å². The van der Waals surface area contributed by atoms with Crippen LogP contribution in [0.4, 0.5) is 0 Å². The van der Waals surface area contributed by atoms with Crippen molar-refractivity contribution < 1.29 is 0 Å². The van der Waals surface area contributed by atoms with E-state index >= 15 is 0 Å². The SMILES string of the molecule is Cn1ccc(-c2cc(-c3ccccc3)ccc2C2CC2N)n1. The van der Waals surface area contributed by atoms with E-state index < -0.39 is 0 Å². The smallest absolute Gasteiger partial charge is 0.0926 e. The summed E-state index contributed by atoms with van der Waals surface area (Å²) in [4.78, 5) is 0. The van der Waals surface area contributed by atoms with E-state index in [2.05, 4.69) is 53.6 Å². The summed E-state index contributed by atoms with van der Waals surface area (Å²) in [5.41, 5.74) is 12.1. The van der Waals surface area contributed by atoms with E-state index in [1.54, 1.807) is 0 Å². The summed E-state index contributed by atoms with van der Waals surface area (Å²) in [5, 5.41) is 4.59. The van der Waals surface area contributed by atoms with Gasteiger partial charge in [0.2, 0.25) is 0 Å². The highest BCUT2D eigenvalue weighted by Gasteiger charge is 2.36. The Morgan fingerprint density at radius 2 is 1.82 bits per heavy atom. The Bertz CT molecular complexity index is 805. The maximum atomic E-state index is 6.07. The summed E-state index contributed by atoms with van der Waals surface area (Å²) in [7, 11) is 1.95. The lowest BCUT2D eigenvalue weighted by atomic mass is 9.95. The largest absolute Gasteiger partial charge is 0.327 e. The van der Waals surface area contributed by atoms with Gasteiger partial charge in [-0.15, -0.1) is 0 Å². The first-order chi connectivity index (χ1) is 10.7. The number of rotatable bonds is 3. The lowest BCUT2D eigenvalue weighted by Gasteiger charge is -2.10. The van der Waals surface area contributed by atoms with E-state index in [0.717, 1.165) is 12.1 Å². The topological polar surface area (TPSA) is 43.8 Å². The number of aryl methyl sites for hydroxylation is 1. The van der Waals surface area contributed by atoms with Crippen molar-refractivity contribution in [3.63, 3.8) is 0 Å². The van der Waals surface area contributed by atoms with Crippen LogP contribution in [0.3, 0.4) is 0 Å². The van der Waals surface area contributed by atoms with Gasteiger partial charge in [0.1, 0.15) is 0 Å². The Morgan fingerprint density at radius 3 is 2.45 bits per heavy atom. The summed E-state index contributed by atoms with van der Waals surface area (Å²) in [6.07, 6.45) is 3.06. The van der Waals surface area contributed by atoms with Crippen LogP contribution < -0.4 is 5.73 Å². The first-order valence-electron chi connectivity index (χ1n) is 7.67. The molecule has 0 radical (unpaired) electrons. The first kappa shape index (κ1) is 13.3. The normalized spacial score (nSPS) is 20.1. The molecular formula is C19H19N3. The van der Waals surface area contributed by atoms with Crippen LogP contribution in [0.25, 0.3) is 22.4 Å². The van der Waals surface area contributed by atoms with Gasteiger partial charge in [0.05, 0.1) is 5.69 Å². The molecule has 1 aromatic heterocycles. The number of hydrogen-bond donors (Lipinski definition) is 1. The van der Waals surface area contributed by atoms with Gasteiger partial charge in [-0.1, -0.05) is 42.5 Å². The molecule has 4 rings (SSSR count). The molecule has 1 aliphatic carbocycles. The second-order valence-electron chi connectivity index (χ2n) is 6.05. The van der Waals surface area contributed by atoms with Crippen molar-refractivity contribution in [3.8, 4) is 22.4 Å². The molecule has 1 aliphatic rings. The molecule has 0 saturated heterocycles. The molecule has 2 aromatic carbocycles. The van der Waals surface area contributed by atoms with Crippen molar-refractivity contribution in [2.45, 2.75) is 18.4 Å². The second kappa shape index (κ2) is 5.11. The number of benzene rings is 2. The molecule has 2 atom stereocenters. The van der Waals surface area contributed by atoms with Crippen LogP contribution in [0.2, 0.25) is 0 Å². The minimum atomic E-state index is 0.296. The molecule has 1 heterocycles. The monoisotopic (exact) mass is 289 g/mol. The highest BCUT2D eigenvalue weighted by Crippen LogP contribution is 2.44. The number of nitrogens with two attached hydrogens (primary N) is 1. The zero-order chi connectivity index (χ0) is 15.1. The Kier molecular flexibility index (Phi) is 3.09. The Balaban J connectivity index is 1.84. The molecule has 110 valence electrons. The lowest BCUT2D eigenvalue weighted by molar-refractivity contribution is 0.770. The van der Waals surface area contributed by atoms with Crippen LogP contribution in [-0.2, 0) is 7.05 Å². The maximum Gasteiger partial charge on any atom is 0.0926 e. The highest BCUT2D eigenvalue weighted by atomic mass is 15.2. The van der Waals surface area contributed by atoms with Crippen molar-refractivity contribution >= 4 is 0 Å². The second-order valence-corrected chi connectivity index (χ2v) is 6.05. The summed E-state index contributed by atoms with van der Waals surface area (Å²) >= 11 is 0. The van der Waals surface area contributed by atoms with E-state index in [-0.39, 0.29) is 0 Å². The van der Waals surface area contributed by atoms with E-state index in [4.69, 9.17) is 5.73 Å². The summed E-state index contributed by atoms with van der Waals surface area (Å²) in [6.45, 7) is 0. The van der Waals surface area contributed by atoms with Crippen LogP contribution in [0.5, 0.6) is 0 Å². The van der Waals surface area contributed by atoms with E-state index in [0.29, 0.717) is 12.0 Å². The van der Waals surface area contributed by atoms with Crippen molar-refractivity contribution in [1.29, 1.82) is 0 Å². The minimum absolute atomic E-state index is 0.296. The molecule has 0 amide bonds. The molecule has 22 heavy (non-hydrogen) atoms. The van der Waals surface area contributed by atoms with Crippen molar-refractivity contribution in [3.05, 3.63) is 66.4 Å². The molecule has 0 aliphatic heterocycles. The average molecular weight is 289 g/mol. The molecule has 2 N–H and O–H groups in total. The third-order valence-corrected chi connectivity index (χ3v) is 4.39. The molecule has 2 unspecified atom stereocenters. The zero-order valence-corrected chi connectivity index (χ0v) is 12.6. The third kappa shape index (κ3) is 2.34. The number of aromatic nitrogens is 2. The standard InChI is InChI=1S/C19H19N3/c1-22-10-9-19(21-22)17-11-14(13-5-3-2-4-6-13)7-8-15(17)16-12-18(16)20/h2-11,16,18H,12,20H2,1H3. The van der Waals surface area contributed by atoms with Gasteiger partial charge in [-0.05, 0) is 35.2 Å². The minimum Gasteiger partial charge on any atom is -0.327 e. The number of hydrogen-bond acceptors (Lipinski definition) is 2. The van der Waals surface area contributed by atoms with Gasteiger partial charge in [0, 0.05) is 30.8 Å². The first-order valence-corrected chi connectivity index (χ1v) is 7.67. The fraction of sp³-hybridized carbons (Fsp3) is 0.211. The maximum absolute atomic E-state index is 6.07. The molecule has 1 saturated carbocycles. The summed E-state index contributed by atoms with van der Waals surface area (Å²) < 4.78 is 1.85. The van der Waals surface area contributed by atoms with Crippen LogP contribution in [0.15, 0.2) is 60.8 Å². The molecule has 3 nitrogen and oxygen atoms in total. The Hall–Kier alpha value is -2.39. The van der Waals surface area contributed by atoms with Crippen molar-refractivity contribution in [2.24, 2.45) is 12.8 Å². The van der Waals surface area contributed by atoms with Gasteiger partial charge < -0.3 is 5.73 Å². The van der Waals surface area contributed by atoms with Gasteiger partial charge >= 0.3 is 0 Å². The molecule has 0 spiro atoms. The van der Waals surface area contributed by atoms with Crippen LogP contribution in [-0.4, -0.2) is 15.8 Å². The molecular weight excluding hydrogens is 270 g/mol. The molecule has 0 bridgehead atoms. The van der Waals surface area contributed by atoms with Gasteiger partial charge in [-0.2, -0.15) is 5.10 Å². The van der Waals surface area contributed by atoms with Gasteiger partial charge in [0.25, 0.3) is 0 Å².